The third-order valence-corrected chi connectivity index (χ3v) is 3.61. The SMILES string of the molecule is Cc1cc(N(C)CC2(O)CCOCC2)ncc1[N+](=O)[O-]. The predicted octanol–water partition coefficient (Wildman–Crippen LogP) is 1.28. The summed E-state index contributed by atoms with van der Waals surface area (Å²) >= 11 is 0. The van der Waals surface area contributed by atoms with Gasteiger partial charge in [-0.15, -0.1) is 0 Å². The predicted molar refractivity (Wildman–Crippen MR) is 73.9 cm³/mol. The minimum Gasteiger partial charge on any atom is -0.388 e. The number of hydrogen-bond donors (Lipinski definition) is 1. The highest BCUT2D eigenvalue weighted by molar-refractivity contribution is 5.48. The van der Waals surface area contributed by atoms with Crippen LogP contribution in [0.4, 0.5) is 11.5 Å². The van der Waals surface area contributed by atoms with Crippen molar-refractivity contribution >= 4 is 11.5 Å². The summed E-state index contributed by atoms with van der Waals surface area (Å²) < 4.78 is 5.24. The number of aliphatic hydroxyl groups is 1. The van der Waals surface area contributed by atoms with Gasteiger partial charge in [0.15, 0.2) is 0 Å². The van der Waals surface area contributed by atoms with Crippen molar-refractivity contribution in [2.75, 3.05) is 31.7 Å². The van der Waals surface area contributed by atoms with E-state index in [1.807, 2.05) is 11.9 Å². The number of nitro groups is 1. The van der Waals surface area contributed by atoms with Gasteiger partial charge in [-0.25, -0.2) is 4.98 Å². The molecule has 0 saturated carbocycles. The second-order valence-electron chi connectivity index (χ2n) is 5.28. The Morgan fingerprint density at radius 1 is 1.55 bits per heavy atom. The van der Waals surface area contributed by atoms with E-state index in [9.17, 15) is 15.2 Å². The molecule has 0 atom stereocenters. The molecule has 1 aromatic heterocycles. The fraction of sp³-hybridized carbons (Fsp3) is 0.615. The van der Waals surface area contributed by atoms with Crippen molar-refractivity contribution in [3.05, 3.63) is 27.9 Å². The monoisotopic (exact) mass is 281 g/mol. The van der Waals surface area contributed by atoms with E-state index < -0.39 is 10.5 Å². The number of hydrogen-bond acceptors (Lipinski definition) is 6. The molecule has 1 aromatic rings. The van der Waals surface area contributed by atoms with E-state index in [4.69, 9.17) is 4.74 Å². The summed E-state index contributed by atoms with van der Waals surface area (Å²) in [7, 11) is 1.82. The molecule has 1 fully saturated rings. The number of anilines is 1. The average molecular weight is 281 g/mol. The van der Waals surface area contributed by atoms with Gasteiger partial charge in [-0.3, -0.25) is 10.1 Å². The summed E-state index contributed by atoms with van der Waals surface area (Å²) in [5.74, 6) is 0.619. The van der Waals surface area contributed by atoms with Crippen LogP contribution in [0.3, 0.4) is 0 Å². The Morgan fingerprint density at radius 3 is 2.75 bits per heavy atom. The zero-order chi connectivity index (χ0) is 14.8. The summed E-state index contributed by atoms with van der Waals surface area (Å²) in [4.78, 5) is 16.2. The maximum absolute atomic E-state index is 10.8. The lowest BCUT2D eigenvalue weighted by molar-refractivity contribution is -0.385. The van der Waals surface area contributed by atoms with Crippen molar-refractivity contribution in [2.45, 2.75) is 25.4 Å². The summed E-state index contributed by atoms with van der Waals surface area (Å²) in [5, 5.41) is 21.2. The molecule has 0 radical (unpaired) electrons. The third-order valence-electron chi connectivity index (χ3n) is 3.61. The molecule has 0 bridgehead atoms. The van der Waals surface area contributed by atoms with E-state index in [1.165, 1.54) is 6.20 Å². The number of nitrogens with zero attached hydrogens (tertiary/aromatic N) is 3. The van der Waals surface area contributed by atoms with Crippen LogP contribution in [0.1, 0.15) is 18.4 Å². The van der Waals surface area contributed by atoms with E-state index in [1.54, 1.807) is 13.0 Å². The molecule has 0 spiro atoms. The molecule has 0 amide bonds. The Bertz CT molecular complexity index is 500. The molecule has 0 aromatic carbocycles. The molecule has 2 rings (SSSR count). The molecule has 7 nitrogen and oxygen atoms in total. The molecule has 0 aliphatic carbocycles. The summed E-state index contributed by atoms with van der Waals surface area (Å²) in [6.45, 7) is 3.22. The molecule has 1 N–H and O–H groups in total. The molecular formula is C13H19N3O4. The Kier molecular flexibility index (Phi) is 4.20. The largest absolute Gasteiger partial charge is 0.388 e. The molecule has 1 saturated heterocycles. The first-order valence-electron chi connectivity index (χ1n) is 6.54. The summed E-state index contributed by atoms with van der Waals surface area (Å²) in [5.41, 5.74) is -0.220. The van der Waals surface area contributed by atoms with Gasteiger partial charge in [0.2, 0.25) is 0 Å². The number of aryl methyl sites for hydroxylation is 1. The quantitative estimate of drug-likeness (QED) is 0.660. The second kappa shape index (κ2) is 5.72. The molecule has 1 aliphatic heterocycles. The molecule has 20 heavy (non-hydrogen) atoms. The van der Waals surface area contributed by atoms with Crippen molar-refractivity contribution in [3.8, 4) is 0 Å². The zero-order valence-corrected chi connectivity index (χ0v) is 11.7. The number of pyridine rings is 1. The van der Waals surface area contributed by atoms with Crippen LogP contribution in [-0.2, 0) is 4.74 Å². The van der Waals surface area contributed by atoms with Gasteiger partial charge in [0.05, 0.1) is 10.5 Å². The van der Waals surface area contributed by atoms with Gasteiger partial charge in [-0.05, 0) is 13.0 Å². The highest BCUT2D eigenvalue weighted by atomic mass is 16.6. The lowest BCUT2D eigenvalue weighted by Gasteiger charge is -2.35. The minimum atomic E-state index is -0.787. The number of likely N-dealkylation sites (N-methyl/N-ethyl adjacent to an activating group) is 1. The first-order chi connectivity index (χ1) is 9.41. The maximum atomic E-state index is 10.8. The van der Waals surface area contributed by atoms with Gasteiger partial charge in [0.25, 0.3) is 5.69 Å². The molecular weight excluding hydrogens is 262 g/mol. The van der Waals surface area contributed by atoms with Crippen molar-refractivity contribution in [1.29, 1.82) is 0 Å². The van der Waals surface area contributed by atoms with Crippen LogP contribution in [-0.4, -0.2) is 47.4 Å². The number of ether oxygens (including phenoxy) is 1. The highest BCUT2D eigenvalue weighted by Gasteiger charge is 2.31. The number of rotatable bonds is 4. The van der Waals surface area contributed by atoms with Gasteiger partial charge in [0, 0.05) is 45.2 Å². The average Bonchev–Trinajstić information content (AvgIpc) is 2.38. The lowest BCUT2D eigenvalue weighted by atomic mass is 9.94. The maximum Gasteiger partial charge on any atom is 0.290 e. The fourth-order valence-electron chi connectivity index (χ4n) is 2.37. The van der Waals surface area contributed by atoms with Crippen molar-refractivity contribution in [3.63, 3.8) is 0 Å². The normalized spacial score (nSPS) is 17.8. The van der Waals surface area contributed by atoms with E-state index in [0.717, 1.165) is 0 Å². The molecule has 1 aliphatic rings. The second-order valence-corrected chi connectivity index (χ2v) is 5.28. The molecule has 110 valence electrons. The van der Waals surface area contributed by atoms with Crippen LogP contribution in [0.2, 0.25) is 0 Å². The highest BCUT2D eigenvalue weighted by Crippen LogP contribution is 2.25. The minimum absolute atomic E-state index is 0.00641. The van der Waals surface area contributed by atoms with E-state index in [0.29, 0.717) is 44.0 Å². The van der Waals surface area contributed by atoms with Crippen LogP contribution in [0.25, 0.3) is 0 Å². The molecule has 0 unspecified atom stereocenters. The van der Waals surface area contributed by atoms with Crippen molar-refractivity contribution in [2.24, 2.45) is 0 Å². The Labute approximate surface area is 117 Å². The van der Waals surface area contributed by atoms with Crippen LogP contribution in [0.5, 0.6) is 0 Å². The van der Waals surface area contributed by atoms with Crippen molar-refractivity contribution in [1.82, 2.24) is 4.98 Å². The van der Waals surface area contributed by atoms with Crippen LogP contribution >= 0.6 is 0 Å². The summed E-state index contributed by atoms with van der Waals surface area (Å²) in [6.07, 6.45) is 2.43. The molecule has 7 heteroatoms. The Morgan fingerprint density at radius 2 is 2.20 bits per heavy atom. The lowest BCUT2D eigenvalue weighted by Crippen LogP contribution is -2.46. The number of aromatic nitrogens is 1. The smallest absolute Gasteiger partial charge is 0.290 e. The topological polar surface area (TPSA) is 88.7 Å². The van der Waals surface area contributed by atoms with Crippen molar-refractivity contribution < 1.29 is 14.8 Å². The van der Waals surface area contributed by atoms with E-state index >= 15 is 0 Å². The Hall–Kier alpha value is -1.73. The summed E-state index contributed by atoms with van der Waals surface area (Å²) in [6, 6.07) is 1.67. The van der Waals surface area contributed by atoms with Gasteiger partial charge >= 0.3 is 0 Å². The van der Waals surface area contributed by atoms with E-state index in [2.05, 4.69) is 4.98 Å². The van der Waals surface area contributed by atoms with Gasteiger partial charge in [-0.1, -0.05) is 0 Å². The van der Waals surface area contributed by atoms with Crippen LogP contribution < -0.4 is 4.90 Å². The zero-order valence-electron chi connectivity index (χ0n) is 11.7. The van der Waals surface area contributed by atoms with E-state index in [-0.39, 0.29) is 5.69 Å². The first-order valence-corrected chi connectivity index (χ1v) is 6.54. The fourth-order valence-corrected chi connectivity index (χ4v) is 2.37. The standard InChI is InChI=1S/C13H19N3O4/c1-10-7-12(14-8-11(10)16(18)19)15(2)9-13(17)3-5-20-6-4-13/h7-8,17H,3-6,9H2,1-2H3. The van der Waals surface area contributed by atoms with Crippen LogP contribution in [0, 0.1) is 17.0 Å². The van der Waals surface area contributed by atoms with Gasteiger partial charge in [0.1, 0.15) is 12.0 Å². The molecule has 2 heterocycles. The van der Waals surface area contributed by atoms with Gasteiger partial charge < -0.3 is 14.7 Å². The third kappa shape index (κ3) is 3.23. The first kappa shape index (κ1) is 14.7. The van der Waals surface area contributed by atoms with Crippen LogP contribution in [0.15, 0.2) is 12.3 Å². The van der Waals surface area contributed by atoms with Gasteiger partial charge in [-0.2, -0.15) is 0 Å². The Balaban J connectivity index is 2.11.